The summed E-state index contributed by atoms with van der Waals surface area (Å²) in [4.78, 5) is 4.37. The molecule has 1 aromatic heterocycles. The van der Waals surface area contributed by atoms with Crippen LogP contribution in [0.3, 0.4) is 0 Å². The molecule has 0 aliphatic rings. The molecule has 1 N–H and O–H groups in total. The van der Waals surface area contributed by atoms with Gasteiger partial charge in [-0.05, 0) is 43.2 Å². The van der Waals surface area contributed by atoms with Crippen molar-refractivity contribution in [2.45, 2.75) is 58.9 Å². The van der Waals surface area contributed by atoms with E-state index < -0.39 is 10.0 Å². The monoisotopic (exact) mass is 442 g/mol. The van der Waals surface area contributed by atoms with Crippen molar-refractivity contribution in [3.8, 4) is 0 Å². The summed E-state index contributed by atoms with van der Waals surface area (Å²) in [5, 5.41) is 8.39. The number of anilines is 1. The zero-order valence-electron chi connectivity index (χ0n) is 18.2. The summed E-state index contributed by atoms with van der Waals surface area (Å²) in [6, 6.07) is 12.9. The topological polar surface area (TPSA) is 96.9 Å². The van der Waals surface area contributed by atoms with E-state index in [4.69, 9.17) is 4.42 Å². The molecule has 0 aliphatic carbocycles. The van der Waals surface area contributed by atoms with Gasteiger partial charge in [0.15, 0.2) is 5.58 Å². The van der Waals surface area contributed by atoms with Crippen molar-refractivity contribution < 1.29 is 12.8 Å². The number of aromatic nitrogens is 1. The summed E-state index contributed by atoms with van der Waals surface area (Å²) >= 11 is 0. The Bertz CT molecular complexity index is 1090. The summed E-state index contributed by atoms with van der Waals surface area (Å²) in [5.41, 5.74) is 3.31. The number of aryl methyl sites for hydroxylation is 1. The molecule has 3 aromatic rings. The minimum absolute atomic E-state index is 0.104. The Hall–Kier alpha value is -2.74. The maximum absolute atomic E-state index is 12.5. The highest BCUT2D eigenvalue weighted by molar-refractivity contribution is 7.92. The quantitative estimate of drug-likeness (QED) is 0.255. The van der Waals surface area contributed by atoms with E-state index in [9.17, 15) is 8.42 Å². The number of nitrogens with one attached hydrogen (secondary N) is 1. The molecule has 3 rings (SSSR count). The first-order valence-electron chi connectivity index (χ1n) is 10.8. The van der Waals surface area contributed by atoms with Gasteiger partial charge < -0.3 is 4.42 Å². The number of hydrogen-bond acceptors (Lipinski definition) is 6. The molecule has 31 heavy (non-hydrogen) atoms. The fourth-order valence-electron chi connectivity index (χ4n) is 3.27. The van der Waals surface area contributed by atoms with Gasteiger partial charge in [0.2, 0.25) is 15.9 Å². The van der Waals surface area contributed by atoms with Crippen LogP contribution in [0.4, 0.5) is 11.4 Å². The lowest BCUT2D eigenvalue weighted by Gasteiger charge is -2.11. The van der Waals surface area contributed by atoms with Crippen molar-refractivity contribution in [1.82, 2.24) is 4.98 Å². The molecule has 8 heteroatoms. The molecular formula is C23H30N4O3S. The third-order valence-electron chi connectivity index (χ3n) is 4.91. The van der Waals surface area contributed by atoms with Crippen molar-refractivity contribution in [2.24, 2.45) is 10.2 Å². The molecule has 0 spiro atoms. The van der Waals surface area contributed by atoms with E-state index in [0.717, 1.165) is 30.3 Å². The van der Waals surface area contributed by atoms with Crippen LogP contribution in [-0.2, 0) is 16.6 Å². The molecule has 0 bridgehead atoms. The molecule has 0 unspecified atom stereocenters. The minimum Gasteiger partial charge on any atom is -0.439 e. The van der Waals surface area contributed by atoms with Gasteiger partial charge in [0, 0.05) is 0 Å². The number of para-hydroxylation sites is 2. The molecule has 0 saturated heterocycles. The number of azo groups is 1. The summed E-state index contributed by atoms with van der Waals surface area (Å²) < 4.78 is 33.4. The number of fused-ring (bicyclic) bond motifs is 1. The SMILES string of the molecule is CCCCCCCCS(=O)(=O)Nc1cc(C)ccc1N=NCc1nc2ccccc2o1. The van der Waals surface area contributed by atoms with E-state index in [1.165, 1.54) is 12.8 Å². The molecule has 0 saturated carbocycles. The molecule has 0 fully saturated rings. The Labute approximate surface area is 184 Å². The predicted molar refractivity (Wildman–Crippen MR) is 124 cm³/mol. The highest BCUT2D eigenvalue weighted by Gasteiger charge is 2.13. The predicted octanol–water partition coefficient (Wildman–Crippen LogP) is 6.52. The number of oxazole rings is 1. The van der Waals surface area contributed by atoms with Crippen LogP contribution in [0.2, 0.25) is 0 Å². The lowest BCUT2D eigenvalue weighted by atomic mass is 10.1. The molecule has 0 aliphatic heterocycles. The van der Waals surface area contributed by atoms with Gasteiger partial charge in [-0.15, -0.1) is 0 Å². The Kier molecular flexibility index (Phi) is 8.17. The fraction of sp³-hybridized carbons (Fsp3) is 0.435. The van der Waals surface area contributed by atoms with Crippen LogP contribution in [0.1, 0.15) is 56.9 Å². The van der Waals surface area contributed by atoms with Crippen molar-refractivity contribution >= 4 is 32.5 Å². The zero-order chi connectivity index (χ0) is 22.1. The van der Waals surface area contributed by atoms with Gasteiger partial charge in [-0.25, -0.2) is 13.4 Å². The average Bonchev–Trinajstić information content (AvgIpc) is 3.15. The first-order chi connectivity index (χ1) is 15.0. The molecule has 2 aromatic carbocycles. The van der Waals surface area contributed by atoms with E-state index in [2.05, 4.69) is 26.9 Å². The first kappa shape index (κ1) is 22.9. The highest BCUT2D eigenvalue weighted by Crippen LogP contribution is 2.28. The Morgan fingerprint density at radius 3 is 2.61 bits per heavy atom. The highest BCUT2D eigenvalue weighted by atomic mass is 32.2. The third-order valence-corrected chi connectivity index (χ3v) is 6.26. The fourth-order valence-corrected chi connectivity index (χ4v) is 4.45. The van der Waals surface area contributed by atoms with Crippen molar-refractivity contribution in [1.29, 1.82) is 0 Å². The van der Waals surface area contributed by atoms with Gasteiger partial charge in [-0.2, -0.15) is 10.2 Å². The molecule has 0 radical (unpaired) electrons. The van der Waals surface area contributed by atoms with Crippen molar-refractivity contribution in [3.05, 3.63) is 53.9 Å². The summed E-state index contributed by atoms with van der Waals surface area (Å²) in [5.74, 6) is 0.564. The Morgan fingerprint density at radius 2 is 1.81 bits per heavy atom. The molecule has 0 amide bonds. The van der Waals surface area contributed by atoms with Gasteiger partial charge in [-0.1, -0.05) is 57.2 Å². The molecule has 0 atom stereocenters. The second kappa shape index (κ2) is 11.0. The number of nitrogens with zero attached hydrogens (tertiary/aromatic N) is 3. The van der Waals surface area contributed by atoms with Crippen LogP contribution in [0.25, 0.3) is 11.1 Å². The maximum atomic E-state index is 12.5. The number of hydrogen-bond donors (Lipinski definition) is 1. The van der Waals surface area contributed by atoms with Crippen molar-refractivity contribution in [2.75, 3.05) is 10.5 Å². The largest absolute Gasteiger partial charge is 0.439 e. The Balaban J connectivity index is 1.62. The smallest absolute Gasteiger partial charge is 0.232 e. The van der Waals surface area contributed by atoms with E-state index in [-0.39, 0.29) is 12.3 Å². The van der Waals surface area contributed by atoms with E-state index >= 15 is 0 Å². The van der Waals surface area contributed by atoms with Gasteiger partial charge in [0.05, 0.1) is 11.4 Å². The third kappa shape index (κ3) is 7.17. The van der Waals surface area contributed by atoms with Gasteiger partial charge in [0.1, 0.15) is 17.7 Å². The summed E-state index contributed by atoms with van der Waals surface area (Å²) in [7, 11) is -3.44. The van der Waals surface area contributed by atoms with Crippen LogP contribution in [0.15, 0.2) is 57.1 Å². The normalized spacial score (nSPS) is 12.1. The van der Waals surface area contributed by atoms with Gasteiger partial charge >= 0.3 is 0 Å². The lowest BCUT2D eigenvalue weighted by molar-refractivity contribution is 0.529. The van der Waals surface area contributed by atoms with Gasteiger partial charge in [0.25, 0.3) is 0 Å². The van der Waals surface area contributed by atoms with Crippen molar-refractivity contribution in [3.63, 3.8) is 0 Å². The molecule has 1 heterocycles. The Morgan fingerprint density at radius 1 is 1.03 bits per heavy atom. The average molecular weight is 443 g/mol. The second-order valence-corrected chi connectivity index (χ2v) is 9.53. The molecule has 166 valence electrons. The summed E-state index contributed by atoms with van der Waals surface area (Å²) in [6.07, 6.45) is 6.18. The van der Waals surface area contributed by atoms with E-state index in [1.807, 2.05) is 37.3 Å². The first-order valence-corrected chi connectivity index (χ1v) is 12.4. The van der Waals surface area contributed by atoms with Crippen LogP contribution >= 0.6 is 0 Å². The van der Waals surface area contributed by atoms with Gasteiger partial charge in [-0.3, -0.25) is 4.72 Å². The molecular weight excluding hydrogens is 412 g/mol. The number of rotatable bonds is 12. The standard InChI is InChI=1S/C23H30N4O3S/c1-3-4-5-6-7-10-15-31(28,29)27-21-16-18(2)13-14-19(21)26-24-17-23-25-20-11-8-9-12-22(20)30-23/h8-9,11-14,16,27H,3-7,10,15,17H2,1-2H3. The van der Waals surface area contributed by atoms with E-state index in [1.54, 1.807) is 12.1 Å². The van der Waals surface area contributed by atoms with E-state index in [0.29, 0.717) is 29.3 Å². The number of unbranched alkanes of at least 4 members (excludes halogenated alkanes) is 5. The second-order valence-electron chi connectivity index (χ2n) is 7.68. The van der Waals surface area contributed by atoms with Crippen LogP contribution in [0.5, 0.6) is 0 Å². The molecule has 7 nitrogen and oxygen atoms in total. The number of benzene rings is 2. The zero-order valence-corrected chi connectivity index (χ0v) is 19.0. The van der Waals surface area contributed by atoms with Crippen LogP contribution < -0.4 is 4.72 Å². The van der Waals surface area contributed by atoms with Crippen LogP contribution in [0, 0.1) is 6.92 Å². The van der Waals surface area contributed by atoms with Crippen LogP contribution in [-0.4, -0.2) is 19.2 Å². The lowest BCUT2D eigenvalue weighted by Crippen LogP contribution is -2.16. The summed E-state index contributed by atoms with van der Waals surface area (Å²) in [6.45, 7) is 4.25. The number of sulfonamides is 1. The minimum atomic E-state index is -3.44. The maximum Gasteiger partial charge on any atom is 0.232 e.